The number of aromatic amines is 1. The number of hydrogen-bond acceptors (Lipinski definition) is 3. The summed E-state index contributed by atoms with van der Waals surface area (Å²) in [5.74, 6) is -0.170. The molecule has 3 aromatic rings. The maximum Gasteiger partial charge on any atom is 0.409 e. The lowest BCUT2D eigenvalue weighted by atomic mass is 10.1. The second kappa shape index (κ2) is 7.09. The first-order chi connectivity index (χ1) is 12.1. The summed E-state index contributed by atoms with van der Waals surface area (Å²) in [6.07, 6.45) is 1.45. The van der Waals surface area contributed by atoms with Crippen molar-refractivity contribution in [1.29, 1.82) is 0 Å². The van der Waals surface area contributed by atoms with E-state index >= 15 is 0 Å². The number of H-pyrrole nitrogens is 1. The third kappa shape index (κ3) is 3.80. The van der Waals surface area contributed by atoms with Gasteiger partial charge in [-0.05, 0) is 41.3 Å². The van der Waals surface area contributed by atoms with Crippen LogP contribution < -0.4 is 5.32 Å². The molecular weight excluding hydrogens is 318 g/mol. The molecule has 0 aliphatic rings. The summed E-state index contributed by atoms with van der Waals surface area (Å²) >= 11 is 0. The lowest BCUT2D eigenvalue weighted by Gasteiger charge is -2.15. The summed E-state index contributed by atoms with van der Waals surface area (Å²) < 4.78 is 4.66. The van der Waals surface area contributed by atoms with Gasteiger partial charge in [-0.1, -0.05) is 18.2 Å². The molecule has 0 spiro atoms. The quantitative estimate of drug-likeness (QED) is 0.763. The summed E-state index contributed by atoms with van der Waals surface area (Å²) in [6, 6.07) is 14.8. The molecule has 2 aromatic carbocycles. The SMILES string of the molecule is COC(=O)N(C)Cc1ccc(NC(=O)c2ccc3cc[nH]c3c2)cc1. The molecule has 2 N–H and O–H groups in total. The van der Waals surface area contributed by atoms with Gasteiger partial charge in [0.25, 0.3) is 5.91 Å². The van der Waals surface area contributed by atoms with E-state index in [1.807, 2.05) is 48.7 Å². The van der Waals surface area contributed by atoms with Crippen LogP contribution in [0.4, 0.5) is 10.5 Å². The minimum absolute atomic E-state index is 0.170. The van der Waals surface area contributed by atoms with Gasteiger partial charge < -0.3 is 19.9 Å². The van der Waals surface area contributed by atoms with Gasteiger partial charge in [0.2, 0.25) is 0 Å². The second-order valence-corrected chi connectivity index (χ2v) is 5.76. The van der Waals surface area contributed by atoms with Crippen LogP contribution in [0.15, 0.2) is 54.7 Å². The fourth-order valence-electron chi connectivity index (χ4n) is 2.58. The monoisotopic (exact) mass is 337 g/mol. The van der Waals surface area contributed by atoms with Crippen molar-refractivity contribution in [3.05, 3.63) is 65.9 Å². The molecular formula is C19H19N3O3. The maximum absolute atomic E-state index is 12.4. The number of rotatable bonds is 4. The summed E-state index contributed by atoms with van der Waals surface area (Å²) in [7, 11) is 3.01. The van der Waals surface area contributed by atoms with Crippen LogP contribution >= 0.6 is 0 Å². The molecule has 0 atom stereocenters. The zero-order valence-corrected chi connectivity index (χ0v) is 14.1. The lowest BCUT2D eigenvalue weighted by Crippen LogP contribution is -2.25. The van der Waals surface area contributed by atoms with Gasteiger partial charge in [0.15, 0.2) is 0 Å². The van der Waals surface area contributed by atoms with E-state index in [1.54, 1.807) is 13.1 Å². The summed E-state index contributed by atoms with van der Waals surface area (Å²) in [5.41, 5.74) is 3.15. The van der Waals surface area contributed by atoms with E-state index in [4.69, 9.17) is 0 Å². The highest BCUT2D eigenvalue weighted by Gasteiger charge is 2.10. The van der Waals surface area contributed by atoms with Gasteiger partial charge in [-0.2, -0.15) is 0 Å². The molecule has 0 saturated heterocycles. The topological polar surface area (TPSA) is 74.4 Å². The van der Waals surface area contributed by atoms with Crippen LogP contribution in [0.3, 0.4) is 0 Å². The first-order valence-electron chi connectivity index (χ1n) is 7.83. The van der Waals surface area contributed by atoms with Crippen LogP contribution in [-0.2, 0) is 11.3 Å². The third-order valence-electron chi connectivity index (χ3n) is 3.94. The van der Waals surface area contributed by atoms with Gasteiger partial charge >= 0.3 is 6.09 Å². The standard InChI is InChI=1S/C19H19N3O3/c1-22(19(24)25-2)12-13-3-7-16(8-4-13)21-18(23)15-6-5-14-9-10-20-17(14)11-15/h3-11,20H,12H2,1-2H3,(H,21,23). The number of nitrogens with one attached hydrogen (secondary N) is 2. The number of aromatic nitrogens is 1. The molecule has 25 heavy (non-hydrogen) atoms. The smallest absolute Gasteiger partial charge is 0.409 e. The van der Waals surface area contributed by atoms with E-state index in [2.05, 4.69) is 15.0 Å². The molecule has 0 radical (unpaired) electrons. The normalized spacial score (nSPS) is 10.5. The number of methoxy groups -OCH3 is 1. The Morgan fingerprint density at radius 2 is 1.88 bits per heavy atom. The summed E-state index contributed by atoms with van der Waals surface area (Å²) in [4.78, 5) is 28.3. The van der Waals surface area contributed by atoms with E-state index in [1.165, 1.54) is 12.0 Å². The molecule has 6 heteroatoms. The van der Waals surface area contributed by atoms with E-state index in [-0.39, 0.29) is 5.91 Å². The Hall–Kier alpha value is -3.28. The summed E-state index contributed by atoms with van der Waals surface area (Å²) in [6.45, 7) is 0.435. The van der Waals surface area contributed by atoms with E-state index in [0.29, 0.717) is 17.8 Å². The number of carbonyl (C=O) groups is 2. The fraction of sp³-hybridized carbons (Fsp3) is 0.158. The zero-order valence-electron chi connectivity index (χ0n) is 14.1. The predicted octanol–water partition coefficient (Wildman–Crippen LogP) is 3.62. The van der Waals surface area contributed by atoms with Crippen LogP contribution in [0.5, 0.6) is 0 Å². The number of nitrogens with zero attached hydrogens (tertiary/aromatic N) is 1. The molecule has 3 rings (SSSR count). The number of ether oxygens (including phenoxy) is 1. The highest BCUT2D eigenvalue weighted by molar-refractivity contribution is 6.06. The van der Waals surface area contributed by atoms with Crippen molar-refractivity contribution in [1.82, 2.24) is 9.88 Å². The van der Waals surface area contributed by atoms with Gasteiger partial charge in [0, 0.05) is 36.6 Å². The maximum atomic E-state index is 12.4. The van der Waals surface area contributed by atoms with Crippen molar-refractivity contribution in [2.75, 3.05) is 19.5 Å². The van der Waals surface area contributed by atoms with Crippen molar-refractivity contribution in [3.8, 4) is 0 Å². The first kappa shape index (κ1) is 16.6. The van der Waals surface area contributed by atoms with Crippen LogP contribution in [0, 0.1) is 0 Å². The highest BCUT2D eigenvalue weighted by Crippen LogP contribution is 2.17. The molecule has 0 unspecified atom stereocenters. The molecule has 0 bridgehead atoms. The Kier molecular flexibility index (Phi) is 4.70. The minimum Gasteiger partial charge on any atom is -0.453 e. The molecule has 1 heterocycles. The Labute approximate surface area is 145 Å². The van der Waals surface area contributed by atoms with Crippen molar-refractivity contribution in [2.45, 2.75) is 6.54 Å². The van der Waals surface area contributed by atoms with Crippen molar-refractivity contribution in [3.63, 3.8) is 0 Å². The Bertz CT molecular complexity index is 900. The number of hydrogen-bond donors (Lipinski definition) is 2. The molecule has 0 fully saturated rings. The number of benzene rings is 2. The van der Waals surface area contributed by atoms with Gasteiger partial charge in [-0.3, -0.25) is 4.79 Å². The van der Waals surface area contributed by atoms with Gasteiger partial charge in [0.1, 0.15) is 0 Å². The van der Waals surface area contributed by atoms with Gasteiger partial charge in [0.05, 0.1) is 7.11 Å². The highest BCUT2D eigenvalue weighted by atomic mass is 16.5. The van der Waals surface area contributed by atoms with E-state index in [9.17, 15) is 9.59 Å². The number of carbonyl (C=O) groups excluding carboxylic acids is 2. The Morgan fingerprint density at radius 1 is 1.12 bits per heavy atom. The molecule has 128 valence electrons. The second-order valence-electron chi connectivity index (χ2n) is 5.76. The van der Waals surface area contributed by atoms with Crippen LogP contribution in [-0.4, -0.2) is 36.0 Å². The zero-order chi connectivity index (χ0) is 17.8. The Balaban J connectivity index is 1.66. The van der Waals surface area contributed by atoms with Crippen LogP contribution in [0.1, 0.15) is 15.9 Å². The molecule has 0 aliphatic heterocycles. The molecule has 2 amide bonds. The largest absolute Gasteiger partial charge is 0.453 e. The van der Waals surface area contributed by atoms with Gasteiger partial charge in [-0.25, -0.2) is 4.79 Å². The molecule has 6 nitrogen and oxygen atoms in total. The number of fused-ring (bicyclic) bond motifs is 1. The first-order valence-corrected chi connectivity index (χ1v) is 7.83. The van der Waals surface area contributed by atoms with Gasteiger partial charge in [-0.15, -0.1) is 0 Å². The fourth-order valence-corrected chi connectivity index (χ4v) is 2.58. The van der Waals surface area contributed by atoms with Crippen molar-refractivity contribution >= 4 is 28.6 Å². The average Bonchev–Trinajstić information content (AvgIpc) is 3.10. The third-order valence-corrected chi connectivity index (χ3v) is 3.94. The van der Waals surface area contributed by atoms with E-state index < -0.39 is 6.09 Å². The number of amides is 2. The van der Waals surface area contributed by atoms with Crippen molar-refractivity contribution < 1.29 is 14.3 Å². The Morgan fingerprint density at radius 3 is 2.60 bits per heavy atom. The average molecular weight is 337 g/mol. The molecule has 0 aliphatic carbocycles. The predicted molar refractivity (Wildman–Crippen MR) is 96.6 cm³/mol. The minimum atomic E-state index is -0.392. The van der Waals surface area contributed by atoms with Crippen LogP contribution in [0.25, 0.3) is 10.9 Å². The molecule has 1 aromatic heterocycles. The van der Waals surface area contributed by atoms with E-state index in [0.717, 1.165) is 16.5 Å². The van der Waals surface area contributed by atoms with Crippen LogP contribution in [0.2, 0.25) is 0 Å². The number of anilines is 1. The summed E-state index contributed by atoms with van der Waals surface area (Å²) in [5, 5.41) is 3.94. The molecule has 0 saturated carbocycles. The van der Waals surface area contributed by atoms with Crippen molar-refractivity contribution in [2.24, 2.45) is 0 Å². The lowest BCUT2D eigenvalue weighted by molar-refractivity contribution is 0.102.